The van der Waals surface area contributed by atoms with E-state index >= 15 is 0 Å². The van der Waals surface area contributed by atoms with Gasteiger partial charge in [-0.25, -0.2) is 9.48 Å². The lowest BCUT2D eigenvalue weighted by molar-refractivity contribution is 0.0464. The fraction of sp³-hybridized carbons (Fsp3) is 0.250. The molecule has 0 N–H and O–H groups in total. The Morgan fingerprint density at radius 2 is 1.64 bits per heavy atom. The van der Waals surface area contributed by atoms with Crippen molar-refractivity contribution in [3.8, 4) is 5.69 Å². The highest BCUT2D eigenvalue weighted by molar-refractivity contribution is 5.88. The number of carbonyl (C=O) groups is 1. The van der Waals surface area contributed by atoms with Crippen LogP contribution < -0.4 is 0 Å². The van der Waals surface area contributed by atoms with Gasteiger partial charge < -0.3 is 4.74 Å². The van der Waals surface area contributed by atoms with Crippen molar-refractivity contribution < 1.29 is 9.53 Å². The van der Waals surface area contributed by atoms with Gasteiger partial charge in [0.1, 0.15) is 6.61 Å². The monoisotopic (exact) mass is 335 g/mol. The SMILES string of the molecule is CCc1ccc(COC(=O)c2nnn(-c3ccc(C)cc3)c2C)cc1. The molecule has 3 rings (SSSR count). The average molecular weight is 335 g/mol. The second-order valence-electron chi connectivity index (χ2n) is 6.02. The highest BCUT2D eigenvalue weighted by Crippen LogP contribution is 2.14. The van der Waals surface area contributed by atoms with Crippen molar-refractivity contribution >= 4 is 5.97 Å². The Bertz CT molecular complexity index is 865. The van der Waals surface area contributed by atoms with Crippen LogP contribution in [-0.4, -0.2) is 21.0 Å². The molecule has 0 saturated carbocycles. The van der Waals surface area contributed by atoms with Crippen LogP contribution in [0.4, 0.5) is 0 Å². The molecule has 1 heterocycles. The third kappa shape index (κ3) is 3.76. The lowest BCUT2D eigenvalue weighted by Gasteiger charge is -2.06. The molecule has 2 aromatic carbocycles. The van der Waals surface area contributed by atoms with Crippen molar-refractivity contribution in [2.45, 2.75) is 33.8 Å². The summed E-state index contributed by atoms with van der Waals surface area (Å²) in [6.07, 6.45) is 0.987. The van der Waals surface area contributed by atoms with E-state index in [-0.39, 0.29) is 12.3 Å². The van der Waals surface area contributed by atoms with E-state index in [1.165, 1.54) is 5.56 Å². The maximum Gasteiger partial charge on any atom is 0.361 e. The molecule has 0 aliphatic carbocycles. The molecule has 0 radical (unpaired) electrons. The lowest BCUT2D eigenvalue weighted by atomic mass is 10.1. The molecule has 0 aliphatic heterocycles. The maximum atomic E-state index is 12.3. The largest absolute Gasteiger partial charge is 0.456 e. The Labute approximate surface area is 147 Å². The maximum absolute atomic E-state index is 12.3. The zero-order valence-corrected chi connectivity index (χ0v) is 14.7. The Morgan fingerprint density at radius 3 is 2.28 bits per heavy atom. The van der Waals surface area contributed by atoms with Crippen LogP contribution in [0.3, 0.4) is 0 Å². The standard InChI is InChI=1S/C20H21N3O2/c1-4-16-7-9-17(10-8-16)13-25-20(24)19-15(3)23(22-21-19)18-11-5-14(2)6-12-18/h5-12H,4,13H2,1-3H3. The highest BCUT2D eigenvalue weighted by Gasteiger charge is 2.18. The number of ether oxygens (including phenoxy) is 1. The number of rotatable bonds is 5. The van der Waals surface area contributed by atoms with Crippen molar-refractivity contribution in [1.82, 2.24) is 15.0 Å². The summed E-state index contributed by atoms with van der Waals surface area (Å²) in [6.45, 7) is 6.16. The molecule has 0 amide bonds. The molecule has 0 saturated heterocycles. The van der Waals surface area contributed by atoms with Gasteiger partial charge in [0.15, 0.2) is 5.69 Å². The molecule has 0 atom stereocenters. The van der Waals surface area contributed by atoms with Gasteiger partial charge in [0, 0.05) is 0 Å². The number of aryl methyl sites for hydroxylation is 2. The summed E-state index contributed by atoms with van der Waals surface area (Å²) in [6, 6.07) is 15.9. The van der Waals surface area contributed by atoms with Crippen LogP contribution in [0.5, 0.6) is 0 Å². The third-order valence-corrected chi connectivity index (χ3v) is 4.17. The van der Waals surface area contributed by atoms with Gasteiger partial charge in [0.25, 0.3) is 0 Å². The molecule has 0 unspecified atom stereocenters. The van der Waals surface area contributed by atoms with Gasteiger partial charge in [-0.3, -0.25) is 0 Å². The number of aromatic nitrogens is 3. The number of carbonyl (C=O) groups excluding carboxylic acids is 1. The van der Waals surface area contributed by atoms with Gasteiger partial charge in [-0.2, -0.15) is 0 Å². The first kappa shape index (κ1) is 16.9. The molecule has 0 fully saturated rings. The Morgan fingerprint density at radius 1 is 1.00 bits per heavy atom. The van der Waals surface area contributed by atoms with E-state index < -0.39 is 5.97 Å². The summed E-state index contributed by atoms with van der Waals surface area (Å²) in [7, 11) is 0. The molecule has 128 valence electrons. The number of esters is 1. The molecular formula is C20H21N3O2. The van der Waals surface area contributed by atoms with Crippen molar-refractivity contribution in [1.29, 1.82) is 0 Å². The topological polar surface area (TPSA) is 57.0 Å². The Hall–Kier alpha value is -2.95. The normalized spacial score (nSPS) is 10.7. The molecule has 0 aliphatic rings. The Kier molecular flexibility index (Phi) is 4.93. The van der Waals surface area contributed by atoms with Crippen molar-refractivity contribution in [2.24, 2.45) is 0 Å². The minimum atomic E-state index is -0.463. The molecule has 5 heteroatoms. The van der Waals surface area contributed by atoms with Crippen molar-refractivity contribution in [3.05, 3.63) is 76.6 Å². The van der Waals surface area contributed by atoms with Crippen LogP contribution in [0.2, 0.25) is 0 Å². The third-order valence-electron chi connectivity index (χ3n) is 4.17. The lowest BCUT2D eigenvalue weighted by Crippen LogP contribution is -2.08. The molecule has 0 bridgehead atoms. The minimum Gasteiger partial charge on any atom is -0.456 e. The molecule has 0 spiro atoms. The summed E-state index contributed by atoms with van der Waals surface area (Å²) in [4.78, 5) is 12.3. The summed E-state index contributed by atoms with van der Waals surface area (Å²) in [5, 5.41) is 8.07. The number of nitrogens with zero attached hydrogens (tertiary/aromatic N) is 3. The van der Waals surface area contributed by atoms with E-state index in [9.17, 15) is 4.79 Å². The first-order chi connectivity index (χ1) is 12.1. The van der Waals surface area contributed by atoms with Crippen LogP contribution in [0, 0.1) is 13.8 Å². The first-order valence-corrected chi connectivity index (χ1v) is 8.32. The van der Waals surface area contributed by atoms with E-state index in [0.717, 1.165) is 23.2 Å². The fourth-order valence-electron chi connectivity index (χ4n) is 2.54. The molecule has 5 nitrogen and oxygen atoms in total. The molecule has 25 heavy (non-hydrogen) atoms. The van der Waals surface area contributed by atoms with Crippen molar-refractivity contribution in [2.75, 3.05) is 0 Å². The minimum absolute atomic E-state index is 0.222. The van der Waals surface area contributed by atoms with E-state index in [4.69, 9.17) is 4.74 Å². The second-order valence-corrected chi connectivity index (χ2v) is 6.02. The van der Waals surface area contributed by atoms with Crippen LogP contribution in [0.25, 0.3) is 5.69 Å². The number of hydrogen-bond donors (Lipinski definition) is 0. The van der Waals surface area contributed by atoms with Crippen LogP contribution in [0.15, 0.2) is 48.5 Å². The van der Waals surface area contributed by atoms with E-state index in [2.05, 4.69) is 17.2 Å². The summed E-state index contributed by atoms with van der Waals surface area (Å²) in [5.41, 5.74) is 5.14. The predicted octanol–water partition coefficient (Wildman–Crippen LogP) is 3.80. The van der Waals surface area contributed by atoms with Gasteiger partial charge in [0.05, 0.1) is 11.4 Å². The predicted molar refractivity (Wildman–Crippen MR) is 95.8 cm³/mol. The van der Waals surface area contributed by atoms with Gasteiger partial charge in [-0.1, -0.05) is 54.1 Å². The van der Waals surface area contributed by atoms with E-state index in [0.29, 0.717) is 5.69 Å². The zero-order chi connectivity index (χ0) is 17.8. The quantitative estimate of drug-likeness (QED) is 0.665. The van der Waals surface area contributed by atoms with E-state index in [1.54, 1.807) is 4.68 Å². The molecule has 1 aromatic heterocycles. The summed E-state index contributed by atoms with van der Waals surface area (Å²) < 4.78 is 7.03. The number of benzene rings is 2. The zero-order valence-electron chi connectivity index (χ0n) is 14.7. The van der Waals surface area contributed by atoms with Gasteiger partial charge in [0.2, 0.25) is 0 Å². The molecular weight excluding hydrogens is 314 g/mol. The van der Waals surface area contributed by atoms with Gasteiger partial charge >= 0.3 is 5.97 Å². The smallest absolute Gasteiger partial charge is 0.361 e. The van der Waals surface area contributed by atoms with Crippen molar-refractivity contribution in [3.63, 3.8) is 0 Å². The van der Waals surface area contributed by atoms with Crippen LogP contribution >= 0.6 is 0 Å². The summed E-state index contributed by atoms with van der Waals surface area (Å²) >= 11 is 0. The van der Waals surface area contributed by atoms with Crippen LogP contribution in [0.1, 0.15) is 39.8 Å². The first-order valence-electron chi connectivity index (χ1n) is 8.32. The highest BCUT2D eigenvalue weighted by atomic mass is 16.5. The average Bonchev–Trinajstić information content (AvgIpc) is 3.02. The van der Waals surface area contributed by atoms with Crippen LogP contribution in [-0.2, 0) is 17.8 Å². The fourth-order valence-corrected chi connectivity index (χ4v) is 2.54. The van der Waals surface area contributed by atoms with E-state index in [1.807, 2.05) is 62.4 Å². The Balaban J connectivity index is 1.71. The van der Waals surface area contributed by atoms with Gasteiger partial charge in [-0.15, -0.1) is 5.10 Å². The second kappa shape index (κ2) is 7.30. The summed E-state index contributed by atoms with van der Waals surface area (Å²) in [5.74, 6) is -0.463. The number of hydrogen-bond acceptors (Lipinski definition) is 4. The van der Waals surface area contributed by atoms with Gasteiger partial charge in [-0.05, 0) is 43.5 Å². The molecule has 3 aromatic rings.